The zero-order valence-electron chi connectivity index (χ0n) is 11.3. The highest BCUT2D eigenvalue weighted by atomic mass is 16.3. The predicted molar refractivity (Wildman–Crippen MR) is 79.0 cm³/mol. The third-order valence-corrected chi connectivity index (χ3v) is 3.34. The van der Waals surface area contributed by atoms with Gasteiger partial charge in [0.15, 0.2) is 0 Å². The summed E-state index contributed by atoms with van der Waals surface area (Å²) in [5.74, 6) is 0. The van der Waals surface area contributed by atoms with Gasteiger partial charge in [-0.3, -0.25) is 0 Å². The van der Waals surface area contributed by atoms with Crippen molar-refractivity contribution in [2.24, 2.45) is 0 Å². The lowest BCUT2D eigenvalue weighted by atomic mass is 10.0. The second-order valence-electron chi connectivity index (χ2n) is 4.83. The summed E-state index contributed by atoms with van der Waals surface area (Å²) in [4.78, 5) is 0. The summed E-state index contributed by atoms with van der Waals surface area (Å²) in [6, 6.07) is 20.2. The molecule has 0 radical (unpaired) electrons. The Morgan fingerprint density at radius 2 is 1.53 bits per heavy atom. The first-order chi connectivity index (χ1) is 9.27. The molecule has 0 amide bonds. The maximum atomic E-state index is 10.2. The summed E-state index contributed by atoms with van der Waals surface area (Å²) < 4.78 is 0. The van der Waals surface area contributed by atoms with Crippen molar-refractivity contribution < 1.29 is 5.11 Å². The first-order valence-corrected chi connectivity index (χ1v) is 6.77. The molecule has 0 bridgehead atoms. The topological polar surface area (TPSA) is 32.3 Å². The molecule has 2 heteroatoms. The molecule has 0 saturated heterocycles. The lowest BCUT2D eigenvalue weighted by molar-refractivity contribution is 0.136. The highest BCUT2D eigenvalue weighted by molar-refractivity contribution is 5.19. The van der Waals surface area contributed by atoms with Crippen LogP contribution in [0.1, 0.15) is 24.2 Å². The molecule has 2 aromatic carbocycles. The fourth-order valence-electron chi connectivity index (χ4n) is 2.14. The van der Waals surface area contributed by atoms with Crippen LogP contribution in [-0.4, -0.2) is 17.7 Å². The van der Waals surface area contributed by atoms with Crippen LogP contribution < -0.4 is 5.32 Å². The van der Waals surface area contributed by atoms with E-state index in [0.29, 0.717) is 0 Å². The predicted octanol–water partition coefficient (Wildman–Crippen LogP) is 2.94. The van der Waals surface area contributed by atoms with Gasteiger partial charge in [0.1, 0.15) is 0 Å². The summed E-state index contributed by atoms with van der Waals surface area (Å²) in [6.07, 6.45) is 0.518. The van der Waals surface area contributed by atoms with E-state index in [1.165, 1.54) is 5.56 Å². The fraction of sp³-hybridized carbons (Fsp3) is 0.294. The number of aliphatic hydroxyl groups is 1. The molecular formula is C17H21NO. The highest BCUT2D eigenvalue weighted by Crippen LogP contribution is 2.15. The maximum absolute atomic E-state index is 10.2. The van der Waals surface area contributed by atoms with Crippen molar-refractivity contribution >= 4 is 0 Å². The highest BCUT2D eigenvalue weighted by Gasteiger charge is 2.14. The van der Waals surface area contributed by atoms with E-state index in [4.69, 9.17) is 0 Å². The number of aliphatic hydroxyl groups excluding tert-OH is 1. The molecule has 0 spiro atoms. The fourth-order valence-corrected chi connectivity index (χ4v) is 2.14. The molecule has 0 saturated carbocycles. The third kappa shape index (κ3) is 4.19. The summed E-state index contributed by atoms with van der Waals surface area (Å²) >= 11 is 0. The molecule has 2 rings (SSSR count). The van der Waals surface area contributed by atoms with Crippen LogP contribution in [0.2, 0.25) is 0 Å². The summed E-state index contributed by atoms with van der Waals surface area (Å²) in [5.41, 5.74) is 2.28. The Morgan fingerprint density at radius 1 is 0.947 bits per heavy atom. The Balaban J connectivity index is 1.80. The van der Waals surface area contributed by atoms with Crippen molar-refractivity contribution in [1.29, 1.82) is 0 Å². The van der Waals surface area contributed by atoms with Crippen molar-refractivity contribution in [2.45, 2.75) is 25.5 Å². The number of benzene rings is 2. The molecule has 0 aromatic heterocycles. The molecule has 2 atom stereocenters. The summed E-state index contributed by atoms with van der Waals surface area (Å²) in [7, 11) is 0. The van der Waals surface area contributed by atoms with Crippen LogP contribution in [0, 0.1) is 0 Å². The normalized spacial score (nSPS) is 14.0. The minimum Gasteiger partial charge on any atom is -0.387 e. The standard InChI is InChI=1S/C17H21NO/c1-14(17(19)16-10-6-3-7-11-16)18-13-12-15-8-4-2-5-9-15/h2-11,14,17-19H,12-13H2,1H3/t14-,17-/m1/s1. The Hall–Kier alpha value is -1.64. The summed E-state index contributed by atoms with van der Waals surface area (Å²) in [6.45, 7) is 2.89. The van der Waals surface area contributed by atoms with Gasteiger partial charge < -0.3 is 10.4 Å². The first kappa shape index (κ1) is 13.8. The van der Waals surface area contributed by atoms with Crippen LogP contribution in [0.3, 0.4) is 0 Å². The SMILES string of the molecule is C[C@@H](NCCc1ccccc1)[C@@H](O)c1ccccc1. The quantitative estimate of drug-likeness (QED) is 0.832. The Bertz CT molecular complexity index is 469. The van der Waals surface area contributed by atoms with Crippen LogP contribution in [-0.2, 0) is 6.42 Å². The zero-order chi connectivity index (χ0) is 13.5. The molecular weight excluding hydrogens is 234 g/mol. The van der Waals surface area contributed by atoms with E-state index in [2.05, 4.69) is 29.6 Å². The van der Waals surface area contributed by atoms with Crippen molar-refractivity contribution in [3.8, 4) is 0 Å². The van der Waals surface area contributed by atoms with E-state index in [1.807, 2.05) is 43.3 Å². The number of hydrogen-bond acceptors (Lipinski definition) is 2. The van der Waals surface area contributed by atoms with Gasteiger partial charge in [0, 0.05) is 6.04 Å². The van der Waals surface area contributed by atoms with Gasteiger partial charge in [-0.15, -0.1) is 0 Å². The van der Waals surface area contributed by atoms with E-state index < -0.39 is 6.10 Å². The van der Waals surface area contributed by atoms with Gasteiger partial charge in [-0.2, -0.15) is 0 Å². The molecule has 0 heterocycles. The van der Waals surface area contributed by atoms with Crippen LogP contribution in [0.5, 0.6) is 0 Å². The minimum absolute atomic E-state index is 0.0473. The molecule has 0 unspecified atom stereocenters. The van der Waals surface area contributed by atoms with E-state index >= 15 is 0 Å². The molecule has 0 aliphatic rings. The molecule has 2 aromatic rings. The molecule has 0 aliphatic carbocycles. The second-order valence-corrected chi connectivity index (χ2v) is 4.83. The second kappa shape index (κ2) is 7.07. The number of hydrogen-bond donors (Lipinski definition) is 2. The maximum Gasteiger partial charge on any atom is 0.0940 e. The van der Waals surface area contributed by atoms with Crippen molar-refractivity contribution in [3.05, 3.63) is 71.8 Å². The van der Waals surface area contributed by atoms with Gasteiger partial charge in [-0.05, 0) is 31.0 Å². The van der Waals surface area contributed by atoms with Gasteiger partial charge in [-0.1, -0.05) is 60.7 Å². The van der Waals surface area contributed by atoms with Crippen molar-refractivity contribution in [1.82, 2.24) is 5.32 Å². The lowest BCUT2D eigenvalue weighted by Gasteiger charge is -2.20. The average molecular weight is 255 g/mol. The third-order valence-electron chi connectivity index (χ3n) is 3.34. The molecule has 0 aliphatic heterocycles. The van der Waals surface area contributed by atoms with Crippen molar-refractivity contribution in [2.75, 3.05) is 6.54 Å². The number of nitrogens with one attached hydrogen (secondary N) is 1. The Kier molecular flexibility index (Phi) is 5.13. The van der Waals surface area contributed by atoms with Crippen LogP contribution >= 0.6 is 0 Å². The van der Waals surface area contributed by atoms with Gasteiger partial charge in [0.2, 0.25) is 0 Å². The molecule has 2 nitrogen and oxygen atoms in total. The van der Waals surface area contributed by atoms with Gasteiger partial charge in [0.25, 0.3) is 0 Å². The van der Waals surface area contributed by atoms with Gasteiger partial charge >= 0.3 is 0 Å². The summed E-state index contributed by atoms with van der Waals surface area (Å²) in [5, 5.41) is 13.6. The van der Waals surface area contributed by atoms with Gasteiger partial charge in [-0.25, -0.2) is 0 Å². The smallest absolute Gasteiger partial charge is 0.0940 e. The van der Waals surface area contributed by atoms with Crippen molar-refractivity contribution in [3.63, 3.8) is 0 Å². The molecule has 0 fully saturated rings. The largest absolute Gasteiger partial charge is 0.387 e. The first-order valence-electron chi connectivity index (χ1n) is 6.77. The van der Waals surface area contributed by atoms with Crippen LogP contribution in [0.25, 0.3) is 0 Å². The van der Waals surface area contributed by atoms with E-state index in [9.17, 15) is 5.11 Å². The molecule has 100 valence electrons. The monoisotopic (exact) mass is 255 g/mol. The minimum atomic E-state index is -0.461. The Labute approximate surface area is 115 Å². The van der Waals surface area contributed by atoms with Gasteiger partial charge in [0.05, 0.1) is 6.10 Å². The lowest BCUT2D eigenvalue weighted by Crippen LogP contribution is -2.33. The van der Waals surface area contributed by atoms with E-state index in [1.54, 1.807) is 0 Å². The molecule has 2 N–H and O–H groups in total. The van der Waals surface area contributed by atoms with Crippen LogP contribution in [0.4, 0.5) is 0 Å². The molecule has 19 heavy (non-hydrogen) atoms. The van der Waals surface area contributed by atoms with Crippen LogP contribution in [0.15, 0.2) is 60.7 Å². The average Bonchev–Trinajstić information content (AvgIpc) is 2.48. The number of rotatable bonds is 6. The zero-order valence-corrected chi connectivity index (χ0v) is 11.3. The Morgan fingerprint density at radius 3 is 2.16 bits per heavy atom. The van der Waals surface area contributed by atoms with E-state index in [-0.39, 0.29) is 6.04 Å². The van der Waals surface area contributed by atoms with E-state index in [0.717, 1.165) is 18.5 Å².